The van der Waals surface area contributed by atoms with Gasteiger partial charge in [0.15, 0.2) is 6.61 Å². The van der Waals surface area contributed by atoms with Gasteiger partial charge in [-0.3, -0.25) is 14.4 Å². The minimum atomic E-state index is -0.495. The fourth-order valence-electron chi connectivity index (χ4n) is 6.32. The van der Waals surface area contributed by atoms with Gasteiger partial charge < -0.3 is 14.8 Å². The number of carbonyl (C=O) groups is 3. The monoisotopic (exact) mass is 599 g/mol. The van der Waals surface area contributed by atoms with Crippen molar-refractivity contribution in [3.8, 4) is 0 Å². The van der Waals surface area contributed by atoms with Crippen molar-refractivity contribution in [3.63, 3.8) is 0 Å². The Morgan fingerprint density at radius 1 is 1.05 bits per heavy atom. The maximum atomic E-state index is 13.5. The molecule has 0 saturated heterocycles. The van der Waals surface area contributed by atoms with E-state index in [2.05, 4.69) is 10.4 Å². The molecule has 8 heteroatoms. The number of ether oxygens (including phenoxy) is 2. The van der Waals surface area contributed by atoms with Crippen LogP contribution in [-0.2, 0) is 30.4 Å². The Labute approximate surface area is 260 Å². The Bertz CT molecular complexity index is 1370. The van der Waals surface area contributed by atoms with Crippen LogP contribution in [0.2, 0.25) is 0 Å². The molecular weight excluding hydrogens is 554 g/mol. The molecule has 2 saturated carbocycles. The van der Waals surface area contributed by atoms with Crippen molar-refractivity contribution in [2.45, 2.75) is 90.2 Å². The predicted molar refractivity (Wildman–Crippen MR) is 170 cm³/mol. The van der Waals surface area contributed by atoms with E-state index in [0.29, 0.717) is 31.3 Å². The van der Waals surface area contributed by atoms with Gasteiger partial charge in [0.2, 0.25) is 11.8 Å². The average Bonchev–Trinajstić information content (AvgIpc) is 3.50. The molecule has 2 aromatic carbocycles. The van der Waals surface area contributed by atoms with E-state index in [1.165, 1.54) is 5.01 Å². The van der Waals surface area contributed by atoms with Crippen molar-refractivity contribution in [1.29, 1.82) is 0 Å². The molecule has 2 fully saturated rings. The number of benzene rings is 2. The third-order valence-corrected chi connectivity index (χ3v) is 8.89. The zero-order valence-electron chi connectivity index (χ0n) is 26.2. The number of allylic oxidation sites excluding steroid dienone is 1. The molecule has 2 aromatic rings. The number of amides is 2. The summed E-state index contributed by atoms with van der Waals surface area (Å²) in [5.41, 5.74) is 1.82. The summed E-state index contributed by atoms with van der Waals surface area (Å²) in [5, 5.41) is 9.03. The lowest BCUT2D eigenvalue weighted by atomic mass is 9.66. The molecular formula is C36H45N3O5. The molecule has 2 aliphatic carbocycles. The van der Waals surface area contributed by atoms with Gasteiger partial charge in [0, 0.05) is 12.1 Å². The molecule has 1 unspecified atom stereocenters. The molecule has 3 aliphatic rings. The van der Waals surface area contributed by atoms with Crippen LogP contribution in [0.5, 0.6) is 0 Å². The molecule has 1 aliphatic heterocycles. The Balaban J connectivity index is 1.20. The number of hydrogen-bond donors (Lipinski definition) is 1. The Morgan fingerprint density at radius 2 is 1.75 bits per heavy atom. The Hall–Kier alpha value is -3.94. The fraction of sp³-hybridized carbons (Fsp3) is 0.500. The highest BCUT2D eigenvalue weighted by Gasteiger charge is 2.45. The van der Waals surface area contributed by atoms with Gasteiger partial charge in [-0.15, -0.1) is 5.10 Å². The standard InChI is InChI=1S/C36H45N3O5/c1-35(2,3)44-34(42)36(21-11-22-36)20-9-10-23-37-32(41)31(27-12-7-8-13-27)28-18-16-26(17-19-28)24-39-30(40)25-43-33(38-39)29-14-5-4-6-15-29/h4-6,9-10,14-19,27,31H,7-8,11-13,20-25H2,1-3H3,(H,37,41)/b10-9+. The maximum Gasteiger partial charge on any atom is 0.312 e. The average molecular weight is 600 g/mol. The van der Waals surface area contributed by atoms with Crippen molar-refractivity contribution in [2.24, 2.45) is 16.4 Å². The fourth-order valence-corrected chi connectivity index (χ4v) is 6.32. The Kier molecular flexibility index (Phi) is 9.87. The molecule has 1 atom stereocenters. The third kappa shape index (κ3) is 7.76. The summed E-state index contributed by atoms with van der Waals surface area (Å²) >= 11 is 0. The quantitative estimate of drug-likeness (QED) is 0.243. The summed E-state index contributed by atoms with van der Waals surface area (Å²) in [7, 11) is 0. The molecule has 234 valence electrons. The molecule has 0 aromatic heterocycles. The zero-order valence-corrected chi connectivity index (χ0v) is 26.2. The molecule has 2 amide bonds. The highest BCUT2D eigenvalue weighted by Crippen LogP contribution is 2.46. The summed E-state index contributed by atoms with van der Waals surface area (Å²) in [6, 6.07) is 17.5. The maximum absolute atomic E-state index is 13.5. The highest BCUT2D eigenvalue weighted by atomic mass is 16.6. The van der Waals surface area contributed by atoms with Crippen LogP contribution in [0.25, 0.3) is 0 Å². The van der Waals surface area contributed by atoms with Crippen LogP contribution in [0.3, 0.4) is 0 Å². The second kappa shape index (κ2) is 13.8. The van der Waals surface area contributed by atoms with Crippen LogP contribution in [-0.4, -0.2) is 47.4 Å². The number of carbonyl (C=O) groups excluding carboxylic acids is 3. The lowest BCUT2D eigenvalue weighted by Crippen LogP contribution is -2.42. The molecule has 1 heterocycles. The SMILES string of the molecule is CC(C)(C)OC(=O)C1(C/C=C/CNC(=O)C(c2ccc(CN3N=C(c4ccccc4)OCC3=O)cc2)C2CCCC2)CCC1. The van der Waals surface area contributed by atoms with Gasteiger partial charge in [0.1, 0.15) is 5.60 Å². The van der Waals surface area contributed by atoms with E-state index in [0.717, 1.165) is 61.6 Å². The molecule has 0 bridgehead atoms. The van der Waals surface area contributed by atoms with Gasteiger partial charge in [-0.25, -0.2) is 5.01 Å². The summed E-state index contributed by atoms with van der Waals surface area (Å²) in [5.74, 6) is 0.221. The van der Waals surface area contributed by atoms with Crippen molar-refractivity contribution in [2.75, 3.05) is 13.2 Å². The van der Waals surface area contributed by atoms with Crippen LogP contribution in [0.15, 0.2) is 71.9 Å². The lowest BCUT2D eigenvalue weighted by Gasteiger charge is -2.40. The summed E-state index contributed by atoms with van der Waals surface area (Å²) in [6.45, 7) is 6.40. The molecule has 8 nitrogen and oxygen atoms in total. The van der Waals surface area contributed by atoms with Gasteiger partial charge in [-0.1, -0.05) is 73.9 Å². The smallest absolute Gasteiger partial charge is 0.312 e. The van der Waals surface area contributed by atoms with Gasteiger partial charge in [-0.05, 0) is 82.1 Å². The number of nitrogens with zero attached hydrogens (tertiary/aromatic N) is 2. The second-order valence-electron chi connectivity index (χ2n) is 13.3. The Morgan fingerprint density at radius 3 is 2.39 bits per heavy atom. The number of hydrazone groups is 1. The normalized spacial score (nSPS) is 19.2. The van der Waals surface area contributed by atoms with E-state index in [1.807, 2.05) is 87.5 Å². The van der Waals surface area contributed by atoms with Crippen molar-refractivity contribution in [1.82, 2.24) is 10.3 Å². The second-order valence-corrected chi connectivity index (χ2v) is 13.3. The van der Waals surface area contributed by atoms with Gasteiger partial charge >= 0.3 is 5.97 Å². The first-order chi connectivity index (χ1) is 21.1. The highest BCUT2D eigenvalue weighted by molar-refractivity contribution is 5.97. The molecule has 1 N–H and O–H groups in total. The summed E-state index contributed by atoms with van der Waals surface area (Å²) in [6.07, 6.45) is 11.7. The predicted octanol–water partition coefficient (Wildman–Crippen LogP) is 6.26. The van der Waals surface area contributed by atoms with Crippen LogP contribution >= 0.6 is 0 Å². The van der Waals surface area contributed by atoms with E-state index in [9.17, 15) is 14.4 Å². The van der Waals surface area contributed by atoms with Crippen LogP contribution in [0, 0.1) is 11.3 Å². The van der Waals surface area contributed by atoms with Gasteiger partial charge in [0.25, 0.3) is 5.91 Å². The van der Waals surface area contributed by atoms with E-state index >= 15 is 0 Å². The number of nitrogens with one attached hydrogen (secondary N) is 1. The van der Waals surface area contributed by atoms with E-state index in [1.54, 1.807) is 0 Å². The largest absolute Gasteiger partial charge is 0.466 e. The number of rotatable bonds is 11. The first-order valence-electron chi connectivity index (χ1n) is 16.0. The van der Waals surface area contributed by atoms with Gasteiger partial charge in [-0.2, -0.15) is 0 Å². The number of esters is 1. The first-order valence-corrected chi connectivity index (χ1v) is 16.0. The topological polar surface area (TPSA) is 97.3 Å². The van der Waals surface area contributed by atoms with Crippen molar-refractivity contribution in [3.05, 3.63) is 83.4 Å². The lowest BCUT2D eigenvalue weighted by molar-refractivity contribution is -0.173. The van der Waals surface area contributed by atoms with Crippen LogP contribution in [0.1, 0.15) is 94.7 Å². The minimum Gasteiger partial charge on any atom is -0.466 e. The van der Waals surface area contributed by atoms with E-state index < -0.39 is 11.0 Å². The molecule has 0 radical (unpaired) electrons. The summed E-state index contributed by atoms with van der Waals surface area (Å²) in [4.78, 5) is 38.9. The minimum absolute atomic E-state index is 0.0280. The van der Waals surface area contributed by atoms with E-state index in [-0.39, 0.29) is 30.3 Å². The summed E-state index contributed by atoms with van der Waals surface area (Å²) < 4.78 is 11.3. The molecule has 0 spiro atoms. The van der Waals surface area contributed by atoms with Gasteiger partial charge in [0.05, 0.1) is 17.9 Å². The van der Waals surface area contributed by atoms with Crippen LogP contribution < -0.4 is 5.32 Å². The van der Waals surface area contributed by atoms with Crippen LogP contribution in [0.4, 0.5) is 0 Å². The van der Waals surface area contributed by atoms with Crippen molar-refractivity contribution < 1.29 is 23.9 Å². The van der Waals surface area contributed by atoms with E-state index in [4.69, 9.17) is 9.47 Å². The molecule has 44 heavy (non-hydrogen) atoms. The number of hydrogen-bond acceptors (Lipinski definition) is 6. The first kappa shape index (κ1) is 31.5. The zero-order chi connectivity index (χ0) is 31.2. The van der Waals surface area contributed by atoms with Crippen molar-refractivity contribution >= 4 is 23.7 Å². The molecule has 5 rings (SSSR count). The third-order valence-electron chi connectivity index (χ3n) is 8.89.